The quantitative estimate of drug-likeness (QED) is 0.653. The molecule has 0 spiro atoms. The molecule has 6 nitrogen and oxygen atoms in total. The third kappa shape index (κ3) is 1.33. The summed E-state index contributed by atoms with van der Waals surface area (Å²) in [5.41, 5.74) is 7.05. The molecule has 0 saturated carbocycles. The summed E-state index contributed by atoms with van der Waals surface area (Å²) in [5.74, 6) is 0.436. The Labute approximate surface area is 74.4 Å². The number of aromatic nitrogens is 5. The van der Waals surface area contributed by atoms with E-state index in [9.17, 15) is 0 Å². The van der Waals surface area contributed by atoms with E-state index < -0.39 is 0 Å². The van der Waals surface area contributed by atoms with Gasteiger partial charge in [-0.2, -0.15) is 0 Å². The van der Waals surface area contributed by atoms with Crippen molar-refractivity contribution < 1.29 is 0 Å². The Morgan fingerprint density at radius 1 is 1.38 bits per heavy atom. The van der Waals surface area contributed by atoms with Gasteiger partial charge in [0.25, 0.3) is 0 Å². The van der Waals surface area contributed by atoms with Crippen molar-refractivity contribution in [3.63, 3.8) is 0 Å². The van der Waals surface area contributed by atoms with Gasteiger partial charge in [-0.3, -0.25) is 0 Å². The molecule has 0 saturated heterocycles. The van der Waals surface area contributed by atoms with Crippen molar-refractivity contribution in [1.29, 1.82) is 0 Å². The van der Waals surface area contributed by atoms with Crippen molar-refractivity contribution in [2.24, 2.45) is 7.05 Å². The molecule has 0 fully saturated rings. The Hall–Kier alpha value is -1.98. The first-order valence-corrected chi connectivity index (χ1v) is 3.70. The molecule has 2 N–H and O–H groups in total. The summed E-state index contributed by atoms with van der Waals surface area (Å²) in [6.07, 6.45) is 3.04. The van der Waals surface area contributed by atoms with Crippen LogP contribution in [0.4, 0.5) is 5.82 Å². The van der Waals surface area contributed by atoms with E-state index in [2.05, 4.69) is 20.3 Å². The number of hydrogen-bond acceptors (Lipinski definition) is 5. The molecule has 6 heteroatoms. The van der Waals surface area contributed by atoms with Gasteiger partial charge in [-0.05, 0) is 0 Å². The number of nitrogens with zero attached hydrogens (tertiary/aromatic N) is 5. The molecule has 2 aromatic heterocycles. The minimum Gasteiger partial charge on any atom is -0.384 e. The van der Waals surface area contributed by atoms with Crippen LogP contribution in [0.25, 0.3) is 11.4 Å². The van der Waals surface area contributed by atoms with E-state index in [1.54, 1.807) is 24.0 Å². The molecule has 0 aliphatic rings. The Balaban J connectivity index is 2.53. The van der Waals surface area contributed by atoms with E-state index in [4.69, 9.17) is 5.73 Å². The minimum absolute atomic E-state index is 0.436. The second kappa shape index (κ2) is 2.81. The second-order valence-corrected chi connectivity index (χ2v) is 2.57. The van der Waals surface area contributed by atoms with Crippen LogP contribution < -0.4 is 5.73 Å². The lowest BCUT2D eigenvalue weighted by molar-refractivity contribution is 0.719. The Morgan fingerprint density at radius 3 is 2.85 bits per heavy atom. The van der Waals surface area contributed by atoms with E-state index in [-0.39, 0.29) is 0 Å². The summed E-state index contributed by atoms with van der Waals surface area (Å²) < 4.78 is 1.63. The monoisotopic (exact) mass is 176 g/mol. The normalized spacial score (nSPS) is 10.2. The lowest BCUT2D eigenvalue weighted by Gasteiger charge is -1.99. The van der Waals surface area contributed by atoms with Gasteiger partial charge in [0.05, 0.1) is 11.9 Å². The standard InChI is InChI=1S/C7H8N6/c1-13-6(3-11-12-13)5-2-7(8)10-4-9-5/h2-4H,1H3,(H2,8,9,10). The van der Waals surface area contributed by atoms with Crippen LogP contribution in [0.2, 0.25) is 0 Å². The Bertz CT molecular complexity index is 420. The van der Waals surface area contributed by atoms with Crippen LogP contribution in [0.3, 0.4) is 0 Å². The average Bonchev–Trinajstić information content (AvgIpc) is 2.51. The van der Waals surface area contributed by atoms with Crippen molar-refractivity contribution in [2.75, 3.05) is 5.73 Å². The highest BCUT2D eigenvalue weighted by Gasteiger charge is 2.04. The van der Waals surface area contributed by atoms with Crippen LogP contribution in [-0.4, -0.2) is 25.0 Å². The van der Waals surface area contributed by atoms with Gasteiger partial charge in [0.1, 0.15) is 17.8 Å². The number of aryl methyl sites for hydroxylation is 1. The number of anilines is 1. The number of hydrogen-bond donors (Lipinski definition) is 1. The van der Waals surface area contributed by atoms with E-state index in [0.29, 0.717) is 5.82 Å². The fourth-order valence-corrected chi connectivity index (χ4v) is 1.03. The van der Waals surface area contributed by atoms with Crippen molar-refractivity contribution in [2.45, 2.75) is 0 Å². The van der Waals surface area contributed by atoms with Gasteiger partial charge in [-0.25, -0.2) is 14.6 Å². The lowest BCUT2D eigenvalue weighted by atomic mass is 10.3. The van der Waals surface area contributed by atoms with Gasteiger partial charge in [0.2, 0.25) is 0 Å². The summed E-state index contributed by atoms with van der Waals surface area (Å²) in [5, 5.41) is 7.53. The zero-order chi connectivity index (χ0) is 9.26. The summed E-state index contributed by atoms with van der Waals surface area (Å²) in [6, 6.07) is 1.68. The Morgan fingerprint density at radius 2 is 2.23 bits per heavy atom. The molecular weight excluding hydrogens is 168 g/mol. The first kappa shape index (κ1) is 7.66. The van der Waals surface area contributed by atoms with Crippen molar-refractivity contribution in [1.82, 2.24) is 25.0 Å². The molecular formula is C7H8N6. The van der Waals surface area contributed by atoms with Crippen LogP contribution in [0.1, 0.15) is 0 Å². The van der Waals surface area contributed by atoms with Crippen LogP contribution in [-0.2, 0) is 7.05 Å². The predicted molar refractivity (Wildman–Crippen MR) is 46.4 cm³/mol. The second-order valence-electron chi connectivity index (χ2n) is 2.57. The molecule has 66 valence electrons. The molecule has 0 amide bonds. The number of nitrogen functional groups attached to an aromatic ring is 1. The smallest absolute Gasteiger partial charge is 0.127 e. The lowest BCUT2D eigenvalue weighted by Crippen LogP contribution is -1.97. The zero-order valence-corrected chi connectivity index (χ0v) is 7.05. The highest BCUT2D eigenvalue weighted by atomic mass is 15.4. The highest BCUT2D eigenvalue weighted by Crippen LogP contribution is 2.14. The SMILES string of the molecule is Cn1nncc1-c1cc(N)ncn1. The van der Waals surface area contributed by atoms with Gasteiger partial charge in [0.15, 0.2) is 0 Å². The van der Waals surface area contributed by atoms with E-state index >= 15 is 0 Å². The number of nitrogens with two attached hydrogens (primary N) is 1. The molecule has 2 heterocycles. The van der Waals surface area contributed by atoms with Crippen LogP contribution in [0, 0.1) is 0 Å². The fraction of sp³-hybridized carbons (Fsp3) is 0.143. The summed E-state index contributed by atoms with van der Waals surface area (Å²) >= 11 is 0. The molecule has 13 heavy (non-hydrogen) atoms. The summed E-state index contributed by atoms with van der Waals surface area (Å²) in [6.45, 7) is 0. The largest absolute Gasteiger partial charge is 0.384 e. The van der Waals surface area contributed by atoms with Gasteiger partial charge in [-0.15, -0.1) is 5.10 Å². The maximum atomic E-state index is 5.51. The van der Waals surface area contributed by atoms with Gasteiger partial charge < -0.3 is 5.73 Å². The molecule has 2 aromatic rings. The van der Waals surface area contributed by atoms with E-state index in [1.807, 2.05) is 0 Å². The third-order valence-electron chi connectivity index (χ3n) is 1.67. The zero-order valence-electron chi connectivity index (χ0n) is 7.05. The maximum Gasteiger partial charge on any atom is 0.127 e. The summed E-state index contributed by atoms with van der Waals surface area (Å²) in [4.78, 5) is 7.85. The molecule has 0 atom stereocenters. The molecule has 0 aromatic carbocycles. The van der Waals surface area contributed by atoms with Gasteiger partial charge in [-0.1, -0.05) is 5.21 Å². The van der Waals surface area contributed by atoms with Crippen LogP contribution >= 0.6 is 0 Å². The molecule has 2 rings (SSSR count). The highest BCUT2D eigenvalue weighted by molar-refractivity contribution is 5.55. The molecule has 0 radical (unpaired) electrons. The van der Waals surface area contributed by atoms with Gasteiger partial charge in [0, 0.05) is 13.1 Å². The molecule has 0 aliphatic carbocycles. The van der Waals surface area contributed by atoms with E-state index in [0.717, 1.165) is 11.4 Å². The first-order chi connectivity index (χ1) is 6.27. The predicted octanol–water partition coefficient (Wildman–Crippen LogP) is -0.146. The third-order valence-corrected chi connectivity index (χ3v) is 1.67. The van der Waals surface area contributed by atoms with Crippen molar-refractivity contribution >= 4 is 5.82 Å². The summed E-state index contributed by atoms with van der Waals surface area (Å²) in [7, 11) is 1.79. The molecule has 0 unspecified atom stereocenters. The van der Waals surface area contributed by atoms with Crippen LogP contribution in [0.15, 0.2) is 18.6 Å². The van der Waals surface area contributed by atoms with Crippen molar-refractivity contribution in [3.05, 3.63) is 18.6 Å². The van der Waals surface area contributed by atoms with Crippen molar-refractivity contribution in [3.8, 4) is 11.4 Å². The Kier molecular flexibility index (Phi) is 1.66. The fourth-order valence-electron chi connectivity index (χ4n) is 1.03. The maximum absolute atomic E-state index is 5.51. The first-order valence-electron chi connectivity index (χ1n) is 3.70. The molecule has 0 bridgehead atoms. The topological polar surface area (TPSA) is 82.5 Å². The molecule has 0 aliphatic heterocycles. The van der Waals surface area contributed by atoms with Crippen LogP contribution in [0.5, 0.6) is 0 Å². The minimum atomic E-state index is 0.436. The van der Waals surface area contributed by atoms with E-state index in [1.165, 1.54) is 6.33 Å². The average molecular weight is 176 g/mol. The van der Waals surface area contributed by atoms with Gasteiger partial charge >= 0.3 is 0 Å². The number of rotatable bonds is 1.